The molecule has 0 radical (unpaired) electrons. The zero-order valence-corrected chi connectivity index (χ0v) is 20.2. The Kier molecular flexibility index (Phi) is 5.47. The summed E-state index contributed by atoms with van der Waals surface area (Å²) in [6.45, 7) is 4.22. The molecule has 3 aromatic rings. The van der Waals surface area contributed by atoms with Crippen molar-refractivity contribution < 1.29 is 9.59 Å². The van der Waals surface area contributed by atoms with E-state index in [0.717, 1.165) is 68.3 Å². The fraction of sp³-hybridized carbons (Fsp3) is 0.414. The van der Waals surface area contributed by atoms with Crippen LogP contribution in [-0.4, -0.2) is 40.4 Å². The number of fused-ring (bicyclic) bond motifs is 1. The second-order valence-corrected chi connectivity index (χ2v) is 10.5. The van der Waals surface area contributed by atoms with Crippen LogP contribution in [0.4, 0.5) is 0 Å². The van der Waals surface area contributed by atoms with Gasteiger partial charge in [0.15, 0.2) is 0 Å². The van der Waals surface area contributed by atoms with Crippen molar-refractivity contribution >= 4 is 22.6 Å². The number of aryl methyl sites for hydroxylation is 1. The molecule has 2 aromatic carbocycles. The highest BCUT2D eigenvalue weighted by molar-refractivity contribution is 6.07. The summed E-state index contributed by atoms with van der Waals surface area (Å²) >= 11 is 0. The van der Waals surface area contributed by atoms with Crippen molar-refractivity contribution in [1.29, 1.82) is 0 Å². The van der Waals surface area contributed by atoms with Gasteiger partial charge in [-0.3, -0.25) is 14.4 Å². The maximum Gasteiger partial charge on any atom is 0.258 e. The smallest absolute Gasteiger partial charge is 0.258 e. The highest BCUT2D eigenvalue weighted by Gasteiger charge is 2.27. The molecule has 0 atom stereocenters. The molecule has 0 bridgehead atoms. The summed E-state index contributed by atoms with van der Waals surface area (Å²) in [5, 5.41) is 4.34. The van der Waals surface area contributed by atoms with E-state index < -0.39 is 0 Å². The quantitative estimate of drug-likeness (QED) is 0.577. The number of nitrogens with zero attached hydrogens (tertiary/aromatic N) is 2. The third-order valence-corrected chi connectivity index (χ3v) is 7.58. The van der Waals surface area contributed by atoms with Gasteiger partial charge in [-0.2, -0.15) is 0 Å². The molecule has 0 unspecified atom stereocenters. The Morgan fingerprint density at radius 3 is 2.46 bits per heavy atom. The van der Waals surface area contributed by atoms with Crippen molar-refractivity contribution in [3.8, 4) is 11.1 Å². The summed E-state index contributed by atoms with van der Waals surface area (Å²) in [6.07, 6.45) is 8.20. The van der Waals surface area contributed by atoms with E-state index in [2.05, 4.69) is 5.32 Å². The fourth-order valence-electron chi connectivity index (χ4n) is 5.11. The standard InChI is InChI=1S/C29H31N3O3/c1-18-4-7-21(27(33)30-22-9-10-22)15-24(18)20-8-11-23-25(14-20)26(29(35)31-12-2-3-13-31)17-32(28(23)34)16-19-5-6-19/h4,7-8,11,14-15,17,19,22H,2-3,5-6,9-10,12-13,16H2,1H3,(H,30,33). The first-order chi connectivity index (χ1) is 17.0. The normalized spacial score (nSPS) is 17.7. The number of rotatable bonds is 6. The molecule has 2 aliphatic carbocycles. The van der Waals surface area contributed by atoms with E-state index in [4.69, 9.17) is 0 Å². The van der Waals surface area contributed by atoms with Crippen LogP contribution in [0.2, 0.25) is 0 Å². The SMILES string of the molecule is Cc1ccc(C(=O)NC2CC2)cc1-c1ccc2c(=O)n(CC3CC3)cc(C(=O)N3CCCC3)c2c1. The third kappa shape index (κ3) is 4.38. The zero-order chi connectivity index (χ0) is 24.1. The van der Waals surface area contributed by atoms with Crippen LogP contribution in [0.15, 0.2) is 47.4 Å². The summed E-state index contributed by atoms with van der Waals surface area (Å²) in [5.41, 5.74) is 4.09. The van der Waals surface area contributed by atoms with Crippen LogP contribution in [-0.2, 0) is 6.54 Å². The lowest BCUT2D eigenvalue weighted by Gasteiger charge is -2.19. The average Bonchev–Trinajstić information content (AvgIpc) is 3.80. The van der Waals surface area contributed by atoms with Crippen LogP contribution in [0.3, 0.4) is 0 Å². The molecule has 3 aliphatic rings. The van der Waals surface area contributed by atoms with Gasteiger partial charge in [0.25, 0.3) is 17.4 Å². The summed E-state index contributed by atoms with van der Waals surface area (Å²) in [5.74, 6) is 0.484. The second kappa shape index (κ2) is 8.67. The topological polar surface area (TPSA) is 71.4 Å². The predicted molar refractivity (Wildman–Crippen MR) is 137 cm³/mol. The molecule has 2 saturated carbocycles. The number of carbonyl (C=O) groups is 2. The highest BCUT2D eigenvalue weighted by atomic mass is 16.2. The lowest BCUT2D eigenvalue weighted by Crippen LogP contribution is -2.30. The Balaban J connectivity index is 1.46. The van der Waals surface area contributed by atoms with Crippen molar-refractivity contribution in [2.75, 3.05) is 13.1 Å². The van der Waals surface area contributed by atoms with Gasteiger partial charge < -0.3 is 14.8 Å². The molecule has 1 aromatic heterocycles. The van der Waals surface area contributed by atoms with Crippen molar-refractivity contribution in [1.82, 2.24) is 14.8 Å². The minimum Gasteiger partial charge on any atom is -0.349 e. The van der Waals surface area contributed by atoms with E-state index in [1.807, 2.05) is 48.2 Å². The summed E-state index contributed by atoms with van der Waals surface area (Å²) in [7, 11) is 0. The molecular weight excluding hydrogens is 438 g/mol. The number of hydrogen-bond donors (Lipinski definition) is 1. The molecule has 6 nitrogen and oxygen atoms in total. The molecule has 35 heavy (non-hydrogen) atoms. The Morgan fingerprint density at radius 2 is 1.74 bits per heavy atom. The van der Waals surface area contributed by atoms with Gasteiger partial charge in [0.2, 0.25) is 0 Å². The van der Waals surface area contributed by atoms with Crippen molar-refractivity contribution in [2.45, 2.75) is 58.0 Å². The number of carbonyl (C=O) groups excluding carboxylic acids is 2. The van der Waals surface area contributed by atoms with E-state index in [-0.39, 0.29) is 17.4 Å². The number of benzene rings is 2. The zero-order valence-electron chi connectivity index (χ0n) is 20.2. The Bertz CT molecular complexity index is 1390. The van der Waals surface area contributed by atoms with Crippen LogP contribution < -0.4 is 10.9 Å². The Morgan fingerprint density at radius 1 is 0.971 bits per heavy atom. The molecule has 2 heterocycles. The van der Waals surface area contributed by atoms with E-state index in [1.165, 1.54) is 0 Å². The number of hydrogen-bond acceptors (Lipinski definition) is 3. The minimum absolute atomic E-state index is 0.00322. The lowest BCUT2D eigenvalue weighted by molar-refractivity contribution is 0.0793. The fourth-order valence-corrected chi connectivity index (χ4v) is 5.11. The van der Waals surface area contributed by atoms with Gasteiger partial charge in [-0.1, -0.05) is 12.1 Å². The Labute approximate surface area is 204 Å². The molecule has 0 spiro atoms. The van der Waals surface area contributed by atoms with Gasteiger partial charge in [0.1, 0.15) is 0 Å². The molecular formula is C29H31N3O3. The summed E-state index contributed by atoms with van der Waals surface area (Å²) < 4.78 is 1.75. The first-order valence-corrected chi connectivity index (χ1v) is 12.9. The van der Waals surface area contributed by atoms with Crippen LogP contribution in [0.5, 0.6) is 0 Å². The van der Waals surface area contributed by atoms with Crippen molar-refractivity contribution in [3.63, 3.8) is 0 Å². The van der Waals surface area contributed by atoms with E-state index in [1.54, 1.807) is 10.8 Å². The van der Waals surface area contributed by atoms with Gasteiger partial charge in [-0.25, -0.2) is 0 Å². The van der Waals surface area contributed by atoms with Gasteiger partial charge in [0, 0.05) is 48.2 Å². The maximum absolute atomic E-state index is 13.6. The largest absolute Gasteiger partial charge is 0.349 e. The Hall–Kier alpha value is -3.41. The first kappa shape index (κ1) is 22.1. The van der Waals surface area contributed by atoms with Gasteiger partial charge >= 0.3 is 0 Å². The number of nitrogens with one attached hydrogen (secondary N) is 1. The molecule has 2 amide bonds. The van der Waals surface area contributed by atoms with E-state index in [9.17, 15) is 14.4 Å². The molecule has 1 saturated heterocycles. The predicted octanol–water partition coefficient (Wildman–Crippen LogP) is 4.52. The highest BCUT2D eigenvalue weighted by Crippen LogP contribution is 2.32. The van der Waals surface area contributed by atoms with E-state index >= 15 is 0 Å². The number of amides is 2. The lowest BCUT2D eigenvalue weighted by atomic mass is 9.94. The monoisotopic (exact) mass is 469 g/mol. The molecule has 1 aliphatic heterocycles. The van der Waals surface area contributed by atoms with Crippen LogP contribution in [0.25, 0.3) is 21.9 Å². The third-order valence-electron chi connectivity index (χ3n) is 7.58. The van der Waals surface area contributed by atoms with Gasteiger partial charge in [-0.05, 0) is 92.3 Å². The molecule has 6 heteroatoms. The number of pyridine rings is 1. The molecule has 180 valence electrons. The molecule has 6 rings (SSSR count). The summed E-state index contributed by atoms with van der Waals surface area (Å²) in [6, 6.07) is 11.8. The van der Waals surface area contributed by atoms with E-state index in [0.29, 0.717) is 40.4 Å². The number of aromatic nitrogens is 1. The minimum atomic E-state index is -0.0533. The van der Waals surface area contributed by atoms with Crippen molar-refractivity contribution in [3.05, 3.63) is 69.6 Å². The summed E-state index contributed by atoms with van der Waals surface area (Å²) in [4.78, 5) is 41.5. The van der Waals surface area contributed by atoms with Gasteiger partial charge in [0.05, 0.1) is 5.56 Å². The molecule has 3 fully saturated rings. The average molecular weight is 470 g/mol. The maximum atomic E-state index is 13.6. The van der Waals surface area contributed by atoms with Crippen molar-refractivity contribution in [2.24, 2.45) is 5.92 Å². The van der Waals surface area contributed by atoms with Crippen LogP contribution in [0.1, 0.15) is 64.8 Å². The molecule has 1 N–H and O–H groups in total. The van der Waals surface area contributed by atoms with Crippen LogP contribution in [0, 0.1) is 12.8 Å². The number of likely N-dealkylation sites (tertiary alicyclic amines) is 1. The van der Waals surface area contributed by atoms with Crippen LogP contribution >= 0.6 is 0 Å². The van der Waals surface area contributed by atoms with Gasteiger partial charge in [-0.15, -0.1) is 0 Å². The second-order valence-electron chi connectivity index (χ2n) is 10.5. The first-order valence-electron chi connectivity index (χ1n) is 12.9.